The predicted molar refractivity (Wildman–Crippen MR) is 104 cm³/mol. The van der Waals surface area contributed by atoms with Gasteiger partial charge in [0.15, 0.2) is 0 Å². The van der Waals surface area contributed by atoms with Crippen LogP contribution in [0.2, 0.25) is 0 Å². The van der Waals surface area contributed by atoms with Gasteiger partial charge >= 0.3 is 0 Å². The van der Waals surface area contributed by atoms with Gasteiger partial charge in [0.25, 0.3) is 5.91 Å². The lowest BCUT2D eigenvalue weighted by atomic mass is 9.99. The lowest BCUT2D eigenvalue weighted by Crippen LogP contribution is -2.45. The van der Waals surface area contributed by atoms with Crippen molar-refractivity contribution in [3.05, 3.63) is 41.6 Å². The number of carbonyl (C=O) groups is 1. The molecule has 1 amide bonds. The van der Waals surface area contributed by atoms with Gasteiger partial charge in [0, 0.05) is 25.7 Å². The van der Waals surface area contributed by atoms with Crippen molar-refractivity contribution in [1.29, 1.82) is 0 Å². The van der Waals surface area contributed by atoms with Crippen LogP contribution >= 0.6 is 0 Å². The first-order valence-corrected chi connectivity index (χ1v) is 9.63. The van der Waals surface area contributed by atoms with Crippen LogP contribution in [0.5, 0.6) is 5.75 Å². The molecule has 3 unspecified atom stereocenters. The third-order valence-corrected chi connectivity index (χ3v) is 5.19. The number of carbonyl (C=O) groups excluding carboxylic acids is 1. The third-order valence-electron chi connectivity index (χ3n) is 5.19. The minimum atomic E-state index is -0.426. The van der Waals surface area contributed by atoms with Crippen molar-refractivity contribution >= 4 is 5.91 Å². The van der Waals surface area contributed by atoms with Gasteiger partial charge in [0.1, 0.15) is 11.9 Å². The fraction of sp³-hybridized carbons (Fsp3) is 0.550. The standard InChI is InChI=1S/C20H30N4O3/c1-3-14-4-7-16(8-5-14)26-12-15-6-9-17(27-13-15)10-22-20(25)18-11-23-24(2)19(18)21/h4-5,7-8,11,15,17,19,23H,3,6,9-10,12-13,21H2,1-2H3,(H,22,25). The molecule has 27 heavy (non-hydrogen) atoms. The predicted octanol–water partition coefficient (Wildman–Crippen LogP) is 1.16. The Kier molecular flexibility index (Phi) is 6.71. The van der Waals surface area contributed by atoms with Gasteiger partial charge in [0.05, 0.1) is 24.9 Å². The van der Waals surface area contributed by atoms with Gasteiger partial charge in [-0.15, -0.1) is 0 Å². The molecule has 1 fully saturated rings. The van der Waals surface area contributed by atoms with Gasteiger partial charge in [0.2, 0.25) is 0 Å². The molecule has 148 valence electrons. The van der Waals surface area contributed by atoms with E-state index in [4.69, 9.17) is 15.2 Å². The molecule has 0 aliphatic carbocycles. The maximum atomic E-state index is 12.2. The van der Waals surface area contributed by atoms with Crippen LogP contribution in [0.3, 0.4) is 0 Å². The van der Waals surface area contributed by atoms with Crippen molar-refractivity contribution < 1.29 is 14.3 Å². The maximum absolute atomic E-state index is 12.2. The maximum Gasteiger partial charge on any atom is 0.251 e. The number of nitrogens with two attached hydrogens (primary N) is 1. The molecule has 2 aliphatic rings. The summed E-state index contributed by atoms with van der Waals surface area (Å²) in [6, 6.07) is 8.25. The molecule has 1 aromatic rings. The molecule has 2 aliphatic heterocycles. The summed E-state index contributed by atoms with van der Waals surface area (Å²) in [4.78, 5) is 12.2. The first kappa shape index (κ1) is 19.7. The van der Waals surface area contributed by atoms with Gasteiger partial charge in [-0.1, -0.05) is 19.1 Å². The summed E-state index contributed by atoms with van der Waals surface area (Å²) < 4.78 is 11.8. The molecule has 4 N–H and O–H groups in total. The number of rotatable bonds is 7. The average Bonchev–Trinajstić information content (AvgIpc) is 3.04. The van der Waals surface area contributed by atoms with Crippen LogP contribution in [0.1, 0.15) is 25.3 Å². The molecular weight excluding hydrogens is 344 g/mol. The Balaban J connectivity index is 1.34. The molecule has 2 heterocycles. The monoisotopic (exact) mass is 374 g/mol. The zero-order valence-electron chi connectivity index (χ0n) is 16.1. The Hall–Kier alpha value is -2.09. The number of nitrogens with one attached hydrogen (secondary N) is 2. The second-order valence-electron chi connectivity index (χ2n) is 7.20. The second-order valence-corrected chi connectivity index (χ2v) is 7.20. The molecule has 0 spiro atoms. The van der Waals surface area contributed by atoms with E-state index >= 15 is 0 Å². The first-order valence-electron chi connectivity index (χ1n) is 9.63. The molecule has 7 nitrogen and oxygen atoms in total. The van der Waals surface area contributed by atoms with E-state index in [-0.39, 0.29) is 12.0 Å². The number of hydrazine groups is 1. The summed E-state index contributed by atoms with van der Waals surface area (Å²) in [5.41, 5.74) is 10.7. The van der Waals surface area contributed by atoms with Crippen molar-refractivity contribution in [3.63, 3.8) is 0 Å². The van der Waals surface area contributed by atoms with Crippen molar-refractivity contribution in [1.82, 2.24) is 15.8 Å². The second kappa shape index (κ2) is 9.21. The molecule has 0 bridgehead atoms. The van der Waals surface area contributed by atoms with E-state index in [1.165, 1.54) is 5.56 Å². The molecule has 3 atom stereocenters. The molecule has 3 rings (SSSR count). The van der Waals surface area contributed by atoms with E-state index in [1.54, 1.807) is 18.3 Å². The van der Waals surface area contributed by atoms with E-state index in [0.29, 0.717) is 31.2 Å². The highest BCUT2D eigenvalue weighted by Crippen LogP contribution is 2.21. The fourth-order valence-electron chi connectivity index (χ4n) is 3.24. The van der Waals surface area contributed by atoms with Gasteiger partial charge < -0.3 is 25.9 Å². The van der Waals surface area contributed by atoms with Crippen molar-refractivity contribution in [3.8, 4) is 5.75 Å². The summed E-state index contributed by atoms with van der Waals surface area (Å²) in [5, 5.41) is 4.61. The van der Waals surface area contributed by atoms with Crippen LogP contribution in [0, 0.1) is 5.92 Å². The third kappa shape index (κ3) is 5.22. The number of hydrogen-bond donors (Lipinski definition) is 3. The Labute approximate surface area is 160 Å². The van der Waals surface area contributed by atoms with Crippen LogP contribution in [-0.4, -0.2) is 50.0 Å². The quantitative estimate of drug-likeness (QED) is 0.664. The number of aryl methyl sites for hydroxylation is 1. The normalized spacial score (nSPS) is 25.6. The van der Waals surface area contributed by atoms with Crippen LogP contribution < -0.4 is 21.2 Å². The van der Waals surface area contributed by atoms with E-state index in [0.717, 1.165) is 25.0 Å². The Morgan fingerprint density at radius 1 is 1.37 bits per heavy atom. The summed E-state index contributed by atoms with van der Waals surface area (Å²) in [7, 11) is 1.80. The van der Waals surface area contributed by atoms with E-state index in [9.17, 15) is 4.79 Å². The molecule has 1 saturated heterocycles. The summed E-state index contributed by atoms with van der Waals surface area (Å²) >= 11 is 0. The molecule has 0 saturated carbocycles. The zero-order valence-corrected chi connectivity index (χ0v) is 16.1. The minimum absolute atomic E-state index is 0.0398. The van der Waals surface area contributed by atoms with Crippen molar-refractivity contribution in [2.75, 3.05) is 26.8 Å². The Bertz CT molecular complexity index is 654. The number of ether oxygens (including phenoxy) is 2. The number of amides is 1. The molecular formula is C20H30N4O3. The number of likely N-dealkylation sites (N-methyl/N-ethyl adjacent to an activating group) is 1. The fourth-order valence-corrected chi connectivity index (χ4v) is 3.24. The van der Waals surface area contributed by atoms with Crippen LogP contribution in [0.25, 0.3) is 0 Å². The largest absolute Gasteiger partial charge is 0.493 e. The highest BCUT2D eigenvalue weighted by molar-refractivity contribution is 5.94. The molecule has 7 heteroatoms. The number of hydrogen-bond acceptors (Lipinski definition) is 6. The van der Waals surface area contributed by atoms with Gasteiger partial charge in [-0.3, -0.25) is 4.79 Å². The van der Waals surface area contributed by atoms with Crippen molar-refractivity contribution in [2.45, 2.75) is 38.5 Å². The Morgan fingerprint density at radius 2 is 2.15 bits per heavy atom. The molecule has 0 radical (unpaired) electrons. The first-order chi connectivity index (χ1) is 13.1. The van der Waals surface area contributed by atoms with Crippen LogP contribution in [-0.2, 0) is 16.0 Å². The highest BCUT2D eigenvalue weighted by Gasteiger charge is 2.27. The smallest absolute Gasteiger partial charge is 0.251 e. The van der Waals surface area contributed by atoms with E-state index in [1.807, 2.05) is 12.1 Å². The van der Waals surface area contributed by atoms with Gasteiger partial charge in [-0.05, 0) is 37.0 Å². The summed E-state index contributed by atoms with van der Waals surface area (Å²) in [6.07, 6.45) is 4.22. The number of benzene rings is 1. The molecule has 0 aromatic heterocycles. The highest BCUT2D eigenvalue weighted by atomic mass is 16.5. The van der Waals surface area contributed by atoms with E-state index < -0.39 is 6.17 Å². The lowest BCUT2D eigenvalue weighted by molar-refractivity contribution is -0.119. The van der Waals surface area contributed by atoms with Gasteiger partial charge in [-0.2, -0.15) is 0 Å². The van der Waals surface area contributed by atoms with Gasteiger partial charge in [-0.25, -0.2) is 5.01 Å². The SMILES string of the molecule is CCc1ccc(OCC2CCC(CNC(=O)C3=CNN(C)C3N)OC2)cc1. The summed E-state index contributed by atoms with van der Waals surface area (Å²) in [6.45, 7) is 3.95. The minimum Gasteiger partial charge on any atom is -0.493 e. The topological polar surface area (TPSA) is 88.9 Å². The lowest BCUT2D eigenvalue weighted by Gasteiger charge is -2.29. The van der Waals surface area contributed by atoms with Crippen LogP contribution in [0.15, 0.2) is 36.0 Å². The Morgan fingerprint density at radius 3 is 2.74 bits per heavy atom. The van der Waals surface area contributed by atoms with E-state index in [2.05, 4.69) is 29.8 Å². The van der Waals surface area contributed by atoms with Crippen LogP contribution in [0.4, 0.5) is 0 Å². The van der Waals surface area contributed by atoms with Crippen molar-refractivity contribution in [2.24, 2.45) is 11.7 Å². The zero-order chi connectivity index (χ0) is 19.2. The summed E-state index contributed by atoms with van der Waals surface area (Å²) in [5.74, 6) is 1.14. The number of nitrogens with zero attached hydrogens (tertiary/aromatic N) is 1. The molecule has 1 aromatic carbocycles. The average molecular weight is 374 g/mol.